The number of nitrogens with zero attached hydrogens (tertiary/aromatic N) is 2. The van der Waals surface area contributed by atoms with E-state index >= 15 is 0 Å². The molecule has 1 aliphatic carbocycles. The Morgan fingerprint density at radius 3 is 2.12 bits per heavy atom. The van der Waals surface area contributed by atoms with Gasteiger partial charge in [-0.1, -0.05) is 66.5 Å². The van der Waals surface area contributed by atoms with Crippen LogP contribution in [0.2, 0.25) is 0 Å². The van der Waals surface area contributed by atoms with Crippen molar-refractivity contribution in [2.24, 2.45) is 0 Å². The van der Waals surface area contributed by atoms with Crippen molar-refractivity contribution in [3.8, 4) is 0 Å². The molecule has 0 atom stereocenters. The van der Waals surface area contributed by atoms with E-state index in [1.165, 1.54) is 55.5 Å². The summed E-state index contributed by atoms with van der Waals surface area (Å²) in [7, 11) is 0. The van der Waals surface area contributed by atoms with Crippen LogP contribution in [0.1, 0.15) is 103 Å². The van der Waals surface area contributed by atoms with Gasteiger partial charge in [0.05, 0.1) is 22.4 Å². The van der Waals surface area contributed by atoms with Crippen LogP contribution in [0.3, 0.4) is 0 Å². The Morgan fingerprint density at radius 1 is 0.960 bits per heavy atom. The van der Waals surface area contributed by atoms with Gasteiger partial charge in [0.25, 0.3) is 0 Å². The summed E-state index contributed by atoms with van der Waals surface area (Å²) >= 11 is 0. The summed E-state index contributed by atoms with van der Waals surface area (Å²) in [5, 5.41) is 0. The van der Waals surface area contributed by atoms with Gasteiger partial charge in [0.15, 0.2) is 0 Å². The van der Waals surface area contributed by atoms with Crippen LogP contribution in [0.25, 0.3) is 11.0 Å². The van der Waals surface area contributed by atoms with Crippen LogP contribution >= 0.6 is 0 Å². The molecule has 0 unspecified atom stereocenters. The molecule has 25 heavy (non-hydrogen) atoms. The third kappa shape index (κ3) is 3.59. The van der Waals surface area contributed by atoms with Gasteiger partial charge in [0, 0.05) is 11.3 Å². The van der Waals surface area contributed by atoms with E-state index in [0.29, 0.717) is 5.92 Å². The minimum Gasteiger partial charge on any atom is -0.249 e. The SMILES string of the molecule is CCCC(C)(CCC)c1cccc2nc(C3CC3)c(C(C)(C)C)nc12. The Labute approximate surface area is 153 Å². The van der Waals surface area contributed by atoms with E-state index in [1.807, 2.05) is 0 Å². The largest absolute Gasteiger partial charge is 0.249 e. The normalized spacial score (nSPS) is 15.8. The Hall–Kier alpha value is -1.44. The number of fused-ring (bicyclic) bond motifs is 1. The lowest BCUT2D eigenvalue weighted by Crippen LogP contribution is -2.24. The number of para-hydroxylation sites is 1. The van der Waals surface area contributed by atoms with Crippen LogP contribution in [-0.4, -0.2) is 9.97 Å². The van der Waals surface area contributed by atoms with E-state index < -0.39 is 0 Å². The molecule has 1 aromatic heterocycles. The average Bonchev–Trinajstić information content (AvgIpc) is 3.37. The standard InChI is InChI=1S/C23H34N2/c1-7-14-23(6,15-8-2)17-10-9-11-18-20(17)25-21(22(3,4)5)19(24-18)16-12-13-16/h9-11,16H,7-8,12-15H2,1-6H3. The minimum atomic E-state index is 0.0398. The van der Waals surface area contributed by atoms with Crippen LogP contribution in [-0.2, 0) is 10.8 Å². The lowest BCUT2D eigenvalue weighted by molar-refractivity contribution is 0.394. The Bertz CT molecular complexity index is 745. The van der Waals surface area contributed by atoms with Gasteiger partial charge in [-0.25, -0.2) is 9.97 Å². The van der Waals surface area contributed by atoms with Gasteiger partial charge in [-0.3, -0.25) is 0 Å². The summed E-state index contributed by atoms with van der Waals surface area (Å²) in [6.07, 6.45) is 7.35. The summed E-state index contributed by atoms with van der Waals surface area (Å²) in [6.45, 7) is 13.8. The van der Waals surface area contributed by atoms with Crippen LogP contribution in [0.4, 0.5) is 0 Å². The van der Waals surface area contributed by atoms with Crippen molar-refractivity contribution in [3.05, 3.63) is 35.2 Å². The number of aromatic nitrogens is 2. The summed E-state index contributed by atoms with van der Waals surface area (Å²) in [4.78, 5) is 10.4. The maximum atomic E-state index is 5.28. The first-order valence-electron chi connectivity index (χ1n) is 10.1. The van der Waals surface area contributed by atoms with Crippen LogP contribution in [0, 0.1) is 0 Å². The fourth-order valence-electron chi connectivity index (χ4n) is 4.27. The summed E-state index contributed by atoms with van der Waals surface area (Å²) in [5.41, 5.74) is 6.32. The zero-order valence-corrected chi connectivity index (χ0v) is 16.9. The predicted molar refractivity (Wildman–Crippen MR) is 107 cm³/mol. The van der Waals surface area contributed by atoms with Crippen LogP contribution in [0.5, 0.6) is 0 Å². The van der Waals surface area contributed by atoms with Crippen molar-refractivity contribution in [2.45, 2.75) is 96.8 Å². The second-order valence-electron chi connectivity index (χ2n) is 9.22. The molecule has 1 fully saturated rings. The van der Waals surface area contributed by atoms with Crippen LogP contribution in [0.15, 0.2) is 18.2 Å². The van der Waals surface area contributed by atoms with Gasteiger partial charge in [-0.2, -0.15) is 0 Å². The highest BCUT2D eigenvalue weighted by molar-refractivity contribution is 5.80. The fourth-order valence-corrected chi connectivity index (χ4v) is 4.27. The molecule has 2 heteroatoms. The smallest absolute Gasteiger partial charge is 0.0928 e. The predicted octanol–water partition coefficient (Wildman–Crippen LogP) is 6.66. The summed E-state index contributed by atoms with van der Waals surface area (Å²) < 4.78 is 0. The molecule has 0 N–H and O–H groups in total. The third-order valence-electron chi connectivity index (χ3n) is 5.65. The van der Waals surface area contributed by atoms with Crippen molar-refractivity contribution in [2.75, 3.05) is 0 Å². The lowest BCUT2D eigenvalue weighted by Gasteiger charge is -2.31. The molecule has 0 spiro atoms. The number of benzene rings is 1. The van der Waals surface area contributed by atoms with Crippen molar-refractivity contribution >= 4 is 11.0 Å². The molecule has 0 saturated heterocycles. The molecule has 1 aromatic carbocycles. The van der Waals surface area contributed by atoms with Gasteiger partial charge in [-0.15, -0.1) is 0 Å². The first kappa shape index (κ1) is 18.4. The first-order chi connectivity index (χ1) is 11.8. The number of rotatable bonds is 6. The summed E-state index contributed by atoms with van der Waals surface area (Å²) in [5.74, 6) is 0.632. The van der Waals surface area contributed by atoms with Crippen molar-refractivity contribution in [3.63, 3.8) is 0 Å². The molecular formula is C23H34N2. The molecule has 1 aliphatic rings. The van der Waals surface area contributed by atoms with E-state index in [2.05, 4.69) is 59.7 Å². The molecule has 0 aliphatic heterocycles. The Balaban J connectivity index is 2.24. The molecule has 136 valence electrons. The van der Waals surface area contributed by atoms with Crippen molar-refractivity contribution in [1.82, 2.24) is 9.97 Å². The zero-order chi connectivity index (χ0) is 18.2. The van der Waals surface area contributed by atoms with E-state index in [1.54, 1.807) is 0 Å². The van der Waals surface area contributed by atoms with Gasteiger partial charge in [0.1, 0.15) is 0 Å². The highest BCUT2D eigenvalue weighted by atomic mass is 14.9. The Morgan fingerprint density at radius 2 is 1.60 bits per heavy atom. The monoisotopic (exact) mass is 338 g/mol. The van der Waals surface area contributed by atoms with Gasteiger partial charge < -0.3 is 0 Å². The Kier molecular flexibility index (Phi) is 4.92. The van der Waals surface area contributed by atoms with Crippen molar-refractivity contribution in [1.29, 1.82) is 0 Å². The maximum absolute atomic E-state index is 5.28. The highest BCUT2D eigenvalue weighted by Crippen LogP contribution is 2.44. The van der Waals surface area contributed by atoms with E-state index in [4.69, 9.17) is 9.97 Å². The lowest BCUT2D eigenvalue weighted by atomic mass is 9.74. The average molecular weight is 339 g/mol. The minimum absolute atomic E-state index is 0.0398. The van der Waals surface area contributed by atoms with Crippen LogP contribution < -0.4 is 0 Å². The molecule has 2 nitrogen and oxygen atoms in total. The molecule has 0 bridgehead atoms. The van der Waals surface area contributed by atoms with Gasteiger partial charge in [-0.05, 0) is 42.7 Å². The molecule has 3 rings (SSSR count). The zero-order valence-electron chi connectivity index (χ0n) is 16.9. The van der Waals surface area contributed by atoms with Crippen molar-refractivity contribution < 1.29 is 0 Å². The highest BCUT2D eigenvalue weighted by Gasteiger charge is 2.34. The third-order valence-corrected chi connectivity index (χ3v) is 5.65. The molecule has 2 aromatic rings. The van der Waals surface area contributed by atoms with E-state index in [0.717, 1.165) is 11.0 Å². The van der Waals surface area contributed by atoms with Gasteiger partial charge in [0.2, 0.25) is 0 Å². The van der Waals surface area contributed by atoms with E-state index in [-0.39, 0.29) is 10.8 Å². The molecule has 1 saturated carbocycles. The molecule has 1 heterocycles. The maximum Gasteiger partial charge on any atom is 0.0928 e. The second-order valence-corrected chi connectivity index (χ2v) is 9.22. The second kappa shape index (κ2) is 6.70. The quantitative estimate of drug-likeness (QED) is 0.588. The summed E-state index contributed by atoms with van der Waals surface area (Å²) in [6, 6.07) is 6.64. The molecule has 0 radical (unpaired) electrons. The first-order valence-corrected chi connectivity index (χ1v) is 10.1. The fraction of sp³-hybridized carbons (Fsp3) is 0.652. The molecule has 0 amide bonds. The number of hydrogen-bond acceptors (Lipinski definition) is 2. The topological polar surface area (TPSA) is 25.8 Å². The van der Waals surface area contributed by atoms with Gasteiger partial charge >= 0.3 is 0 Å². The molecular weight excluding hydrogens is 304 g/mol. The number of hydrogen-bond donors (Lipinski definition) is 0. The van der Waals surface area contributed by atoms with E-state index in [9.17, 15) is 0 Å².